The highest BCUT2D eigenvalue weighted by molar-refractivity contribution is 5.97. The van der Waals surface area contributed by atoms with Gasteiger partial charge in [0.25, 0.3) is 0 Å². The van der Waals surface area contributed by atoms with Crippen LogP contribution in [0.4, 0.5) is 0 Å². The van der Waals surface area contributed by atoms with Crippen LogP contribution in [0.25, 0.3) is 0 Å². The summed E-state index contributed by atoms with van der Waals surface area (Å²) in [5.74, 6) is -1.27. The summed E-state index contributed by atoms with van der Waals surface area (Å²) in [5, 5.41) is 13.2. The van der Waals surface area contributed by atoms with Crippen molar-refractivity contribution >= 4 is 11.8 Å². The number of esters is 1. The van der Waals surface area contributed by atoms with Gasteiger partial charge in [-0.15, -0.1) is 0 Å². The zero-order valence-corrected chi connectivity index (χ0v) is 24.6. The molecule has 1 aromatic rings. The van der Waals surface area contributed by atoms with Crippen LogP contribution in [0, 0.1) is 34.5 Å². The number of Topliss-reactive ketones (excluding diaryl/α,β-unsaturated/α-hetero) is 1. The molecule has 1 aromatic carbocycles. The molecule has 2 bridgehead atoms. The van der Waals surface area contributed by atoms with Gasteiger partial charge < -0.3 is 28.8 Å². The highest BCUT2D eigenvalue weighted by Crippen LogP contribution is 2.72. The number of carbonyl (C=O) groups excluding carboxylic acids is 2. The summed E-state index contributed by atoms with van der Waals surface area (Å²) < 4.78 is 29.7. The molecular formula is C32H40O8. The smallest absolute Gasteiger partial charge is 0.346 e. The lowest BCUT2D eigenvalue weighted by atomic mass is 9.59. The molecule has 6 rings (SSSR count). The van der Waals surface area contributed by atoms with Gasteiger partial charge in [-0.1, -0.05) is 39.0 Å². The minimum Gasteiger partial charge on any atom is -0.496 e. The van der Waals surface area contributed by atoms with Gasteiger partial charge in [-0.3, -0.25) is 4.79 Å². The minimum absolute atomic E-state index is 0.0184. The summed E-state index contributed by atoms with van der Waals surface area (Å²) in [7, 11) is 2.93. The van der Waals surface area contributed by atoms with Crippen LogP contribution in [0.15, 0.2) is 41.5 Å². The van der Waals surface area contributed by atoms with Crippen molar-refractivity contribution in [2.75, 3.05) is 20.8 Å². The second-order valence-electron chi connectivity index (χ2n) is 13.3. The van der Waals surface area contributed by atoms with Crippen LogP contribution in [0.3, 0.4) is 0 Å². The predicted molar refractivity (Wildman–Crippen MR) is 146 cm³/mol. The van der Waals surface area contributed by atoms with E-state index in [2.05, 4.69) is 13.8 Å². The average molecular weight is 553 g/mol. The van der Waals surface area contributed by atoms with Gasteiger partial charge in [-0.25, -0.2) is 4.79 Å². The number of rotatable bonds is 4. The van der Waals surface area contributed by atoms with Crippen molar-refractivity contribution in [3.8, 4) is 11.5 Å². The zero-order chi connectivity index (χ0) is 29.0. The number of carbonyl (C=O) groups is 2. The first-order valence-corrected chi connectivity index (χ1v) is 14.1. The van der Waals surface area contributed by atoms with Crippen LogP contribution in [0.5, 0.6) is 11.5 Å². The van der Waals surface area contributed by atoms with Gasteiger partial charge in [-0.2, -0.15) is 0 Å². The highest BCUT2D eigenvalue weighted by Gasteiger charge is 2.77. The van der Waals surface area contributed by atoms with Crippen molar-refractivity contribution in [1.29, 1.82) is 0 Å². The Labute approximate surface area is 235 Å². The van der Waals surface area contributed by atoms with Gasteiger partial charge in [0.05, 0.1) is 26.2 Å². The Hall–Kier alpha value is -2.68. The lowest BCUT2D eigenvalue weighted by molar-refractivity contribution is -0.302. The second kappa shape index (κ2) is 8.66. The molecule has 1 N–H and O–H groups in total. The molecule has 2 saturated carbocycles. The van der Waals surface area contributed by atoms with Crippen molar-refractivity contribution in [3.63, 3.8) is 0 Å². The van der Waals surface area contributed by atoms with E-state index in [-0.39, 0.29) is 46.7 Å². The van der Waals surface area contributed by atoms with Gasteiger partial charge in [0.2, 0.25) is 0 Å². The molecule has 8 atom stereocenters. The molecule has 3 fully saturated rings. The van der Waals surface area contributed by atoms with Crippen molar-refractivity contribution in [1.82, 2.24) is 0 Å². The summed E-state index contributed by atoms with van der Waals surface area (Å²) in [5.41, 5.74) is -1.73. The lowest BCUT2D eigenvalue weighted by Crippen LogP contribution is -2.68. The summed E-state index contributed by atoms with van der Waals surface area (Å²) in [6.07, 6.45) is 2.59. The van der Waals surface area contributed by atoms with Crippen LogP contribution in [0.1, 0.15) is 58.3 Å². The van der Waals surface area contributed by atoms with E-state index in [1.165, 1.54) is 14.2 Å². The number of fused-ring (bicyclic) bond motifs is 5. The third-order valence-electron chi connectivity index (χ3n) is 10.5. The van der Waals surface area contributed by atoms with Crippen molar-refractivity contribution in [3.05, 3.63) is 47.1 Å². The van der Waals surface area contributed by atoms with Crippen molar-refractivity contribution < 1.29 is 38.4 Å². The quantitative estimate of drug-likeness (QED) is 0.431. The summed E-state index contributed by atoms with van der Waals surface area (Å²) >= 11 is 0. The fourth-order valence-electron chi connectivity index (χ4n) is 8.52. The fourth-order valence-corrected chi connectivity index (χ4v) is 8.52. The summed E-state index contributed by atoms with van der Waals surface area (Å²) in [4.78, 5) is 28.7. The largest absolute Gasteiger partial charge is 0.496 e. The van der Waals surface area contributed by atoms with Crippen LogP contribution < -0.4 is 9.47 Å². The van der Waals surface area contributed by atoms with Crippen LogP contribution >= 0.6 is 0 Å². The van der Waals surface area contributed by atoms with Gasteiger partial charge in [0.15, 0.2) is 23.3 Å². The van der Waals surface area contributed by atoms with Crippen molar-refractivity contribution in [2.45, 2.75) is 71.6 Å². The third-order valence-corrected chi connectivity index (χ3v) is 10.5. The SMILES string of the molecule is COc1cccc(OC)c1C(=O)OC1C(C)=CC23C(=O)C(C=C4COC(C)(C)OC4C12O)C1C(C[C@H]3C)C1(C)C. The maximum Gasteiger partial charge on any atom is 0.346 e. The van der Waals surface area contributed by atoms with E-state index in [9.17, 15) is 14.7 Å². The molecule has 216 valence electrons. The van der Waals surface area contributed by atoms with E-state index in [4.69, 9.17) is 23.7 Å². The molecule has 1 aliphatic heterocycles. The molecule has 1 heterocycles. The first-order chi connectivity index (χ1) is 18.7. The van der Waals surface area contributed by atoms with Crippen LogP contribution in [-0.2, 0) is 19.0 Å². The van der Waals surface area contributed by atoms with E-state index in [0.717, 1.165) is 12.0 Å². The molecule has 5 aliphatic rings. The molecule has 8 heteroatoms. The molecule has 0 aromatic heterocycles. The number of hydrogen-bond donors (Lipinski definition) is 1. The first-order valence-electron chi connectivity index (χ1n) is 14.1. The van der Waals surface area contributed by atoms with Gasteiger partial charge in [0, 0.05) is 5.92 Å². The minimum atomic E-state index is -1.89. The predicted octanol–water partition coefficient (Wildman–Crippen LogP) is 4.50. The standard InChI is InChI=1S/C32H40O8/c1-16-14-31-17(2)12-20-24(29(20,3)4)19(25(31)33)13-18-15-38-30(5,6)40-27(18)32(31,35)26(16)39-28(34)23-21(36-7)10-9-11-22(23)37-8/h9-11,13-14,17,19-20,24,26-27,35H,12,15H2,1-8H3/t17-,19?,20?,24?,26?,27?,31?,32?/m1/s1. The molecule has 40 heavy (non-hydrogen) atoms. The average Bonchev–Trinajstić information content (AvgIpc) is 3.40. The topological polar surface area (TPSA) is 101 Å². The zero-order valence-electron chi connectivity index (χ0n) is 24.6. The van der Waals surface area contributed by atoms with Gasteiger partial charge in [-0.05, 0) is 73.6 Å². The summed E-state index contributed by atoms with van der Waals surface area (Å²) in [6.45, 7) is 12.1. The summed E-state index contributed by atoms with van der Waals surface area (Å²) in [6, 6.07) is 5.02. The number of methoxy groups -OCH3 is 2. The molecule has 1 spiro atoms. The molecule has 7 unspecified atom stereocenters. The highest BCUT2D eigenvalue weighted by atomic mass is 16.7. The maximum absolute atomic E-state index is 14.8. The Morgan fingerprint density at radius 3 is 2.38 bits per heavy atom. The molecule has 0 radical (unpaired) electrons. The Morgan fingerprint density at radius 2 is 1.75 bits per heavy atom. The van der Waals surface area contributed by atoms with Gasteiger partial charge >= 0.3 is 5.97 Å². The molecule has 4 aliphatic carbocycles. The normalized spacial score (nSPS) is 40.3. The number of hydrogen-bond acceptors (Lipinski definition) is 8. The van der Waals surface area contributed by atoms with E-state index < -0.39 is 40.9 Å². The van der Waals surface area contributed by atoms with E-state index in [1.54, 1.807) is 32.0 Å². The van der Waals surface area contributed by atoms with Crippen LogP contribution in [-0.4, -0.2) is 61.3 Å². The number of ether oxygens (including phenoxy) is 5. The lowest BCUT2D eigenvalue weighted by Gasteiger charge is -2.52. The molecule has 0 amide bonds. The van der Waals surface area contributed by atoms with E-state index in [0.29, 0.717) is 11.5 Å². The van der Waals surface area contributed by atoms with Gasteiger partial charge in [0.1, 0.15) is 23.2 Å². The molecule has 8 nitrogen and oxygen atoms in total. The fraction of sp³-hybridized carbons (Fsp3) is 0.625. The first kappa shape index (κ1) is 27.5. The Bertz CT molecular complexity index is 1320. The monoisotopic (exact) mass is 552 g/mol. The van der Waals surface area contributed by atoms with Crippen LogP contribution in [0.2, 0.25) is 0 Å². The Kier molecular flexibility index (Phi) is 5.95. The number of benzene rings is 1. The number of ketones is 1. The van der Waals surface area contributed by atoms with E-state index >= 15 is 0 Å². The number of allylic oxidation sites excluding steroid dienone is 1. The molecular weight excluding hydrogens is 512 g/mol. The Balaban J connectivity index is 1.52. The Morgan fingerprint density at radius 1 is 1.10 bits per heavy atom. The third kappa shape index (κ3) is 3.42. The van der Waals surface area contributed by atoms with E-state index in [1.807, 2.05) is 26.0 Å². The second-order valence-corrected chi connectivity index (χ2v) is 13.3. The van der Waals surface area contributed by atoms with Crippen molar-refractivity contribution in [2.24, 2.45) is 34.5 Å². The molecule has 1 saturated heterocycles. The number of aliphatic hydroxyl groups is 1. The maximum atomic E-state index is 14.8.